The van der Waals surface area contributed by atoms with Gasteiger partial charge >= 0.3 is 0 Å². The van der Waals surface area contributed by atoms with Gasteiger partial charge in [0.2, 0.25) is 0 Å². The Morgan fingerprint density at radius 2 is 2.00 bits per heavy atom. The van der Waals surface area contributed by atoms with Gasteiger partial charge in [-0.1, -0.05) is 12.1 Å². The quantitative estimate of drug-likeness (QED) is 0.650. The minimum Gasteiger partial charge on any atom is -0.397 e. The van der Waals surface area contributed by atoms with Gasteiger partial charge in [-0.25, -0.2) is 0 Å². The van der Waals surface area contributed by atoms with Crippen molar-refractivity contribution in [3.8, 4) is 0 Å². The number of nitrogens with two attached hydrogens (primary N) is 1. The Morgan fingerprint density at radius 1 is 1.36 bits per heavy atom. The van der Waals surface area contributed by atoms with E-state index in [0.29, 0.717) is 0 Å². The first-order valence-electron chi connectivity index (χ1n) is 3.81. The minimum atomic E-state index is 0.844. The van der Waals surface area contributed by atoms with Crippen molar-refractivity contribution < 1.29 is 0 Å². The third-order valence-corrected chi connectivity index (χ3v) is 1.82. The van der Waals surface area contributed by atoms with Crippen LogP contribution in [-0.4, -0.2) is 13.6 Å². The molecular formula is C9H14N2. The summed E-state index contributed by atoms with van der Waals surface area (Å²) in [5, 5.41) is 0. The van der Waals surface area contributed by atoms with E-state index in [1.165, 1.54) is 0 Å². The van der Waals surface area contributed by atoms with Crippen LogP contribution >= 0.6 is 0 Å². The molecule has 0 aliphatic rings. The van der Waals surface area contributed by atoms with E-state index in [4.69, 9.17) is 5.73 Å². The van der Waals surface area contributed by atoms with Gasteiger partial charge in [-0.2, -0.15) is 0 Å². The Labute approximate surface area is 67.6 Å². The van der Waals surface area contributed by atoms with Crippen LogP contribution in [0.5, 0.6) is 0 Å². The molecule has 0 heterocycles. The molecule has 60 valence electrons. The summed E-state index contributed by atoms with van der Waals surface area (Å²) >= 11 is 0. The first-order chi connectivity index (χ1) is 5.25. The Morgan fingerprint density at radius 3 is 2.55 bits per heavy atom. The van der Waals surface area contributed by atoms with Crippen molar-refractivity contribution in [3.63, 3.8) is 0 Å². The Balaban J connectivity index is 2.93. The fourth-order valence-electron chi connectivity index (χ4n) is 1.01. The molecule has 0 aliphatic carbocycles. The largest absolute Gasteiger partial charge is 0.397 e. The topological polar surface area (TPSA) is 29.3 Å². The van der Waals surface area contributed by atoms with Crippen LogP contribution in [0.25, 0.3) is 0 Å². The zero-order valence-corrected chi connectivity index (χ0v) is 7.04. The zero-order chi connectivity index (χ0) is 8.27. The summed E-state index contributed by atoms with van der Waals surface area (Å²) in [6.45, 7) is 3.08. The van der Waals surface area contributed by atoms with Crippen LogP contribution in [0.15, 0.2) is 24.3 Å². The number of hydrogen-bond acceptors (Lipinski definition) is 2. The van der Waals surface area contributed by atoms with E-state index >= 15 is 0 Å². The first-order valence-corrected chi connectivity index (χ1v) is 3.81. The van der Waals surface area contributed by atoms with Crippen LogP contribution < -0.4 is 10.6 Å². The molecule has 0 spiro atoms. The number of hydrogen-bond donors (Lipinski definition) is 1. The maximum atomic E-state index is 5.76. The molecule has 0 aromatic heterocycles. The predicted molar refractivity (Wildman–Crippen MR) is 49.8 cm³/mol. The van der Waals surface area contributed by atoms with Crippen LogP contribution in [0.2, 0.25) is 0 Å². The number of anilines is 2. The lowest BCUT2D eigenvalue weighted by Gasteiger charge is -2.18. The number of para-hydroxylation sites is 2. The van der Waals surface area contributed by atoms with Crippen molar-refractivity contribution in [1.82, 2.24) is 0 Å². The van der Waals surface area contributed by atoms with Crippen molar-refractivity contribution >= 4 is 11.4 Å². The number of nitrogens with zero attached hydrogens (tertiary/aromatic N) is 1. The van der Waals surface area contributed by atoms with Gasteiger partial charge in [-0.3, -0.25) is 0 Å². The van der Waals surface area contributed by atoms with Crippen LogP contribution in [0.1, 0.15) is 6.92 Å². The van der Waals surface area contributed by atoms with Gasteiger partial charge in [0.1, 0.15) is 0 Å². The summed E-state index contributed by atoms with van der Waals surface area (Å²) in [4.78, 5) is 2.12. The second-order valence-electron chi connectivity index (χ2n) is 2.57. The normalized spacial score (nSPS) is 9.64. The molecule has 0 bridgehead atoms. The van der Waals surface area contributed by atoms with Crippen LogP contribution in [0.3, 0.4) is 0 Å². The maximum absolute atomic E-state index is 5.76. The average molecular weight is 150 g/mol. The lowest BCUT2D eigenvalue weighted by Crippen LogP contribution is -2.16. The Bertz CT molecular complexity index is 233. The monoisotopic (exact) mass is 150 g/mol. The predicted octanol–water partition coefficient (Wildman–Crippen LogP) is 1.72. The highest BCUT2D eigenvalue weighted by Crippen LogP contribution is 2.20. The SMILES string of the molecule is CCN(C)c1ccccc1N. The summed E-state index contributed by atoms with van der Waals surface area (Å²) in [5.41, 5.74) is 7.71. The number of benzene rings is 1. The van der Waals surface area contributed by atoms with Crippen LogP contribution in [0.4, 0.5) is 11.4 Å². The molecule has 2 N–H and O–H groups in total. The van der Waals surface area contributed by atoms with Gasteiger partial charge in [0, 0.05) is 13.6 Å². The van der Waals surface area contributed by atoms with Crippen molar-refractivity contribution in [3.05, 3.63) is 24.3 Å². The number of rotatable bonds is 2. The summed E-state index contributed by atoms with van der Waals surface area (Å²) < 4.78 is 0. The first kappa shape index (κ1) is 7.92. The van der Waals surface area contributed by atoms with Crippen molar-refractivity contribution in [2.45, 2.75) is 6.92 Å². The van der Waals surface area contributed by atoms with E-state index in [-0.39, 0.29) is 0 Å². The van der Waals surface area contributed by atoms with Gasteiger partial charge in [0.15, 0.2) is 0 Å². The highest BCUT2D eigenvalue weighted by molar-refractivity contribution is 5.66. The molecule has 0 aliphatic heterocycles. The van der Waals surface area contributed by atoms with Crippen LogP contribution in [-0.2, 0) is 0 Å². The molecule has 0 fully saturated rings. The van der Waals surface area contributed by atoms with E-state index < -0.39 is 0 Å². The molecule has 0 amide bonds. The summed E-state index contributed by atoms with van der Waals surface area (Å²) in [6.07, 6.45) is 0. The fraction of sp³-hybridized carbons (Fsp3) is 0.333. The summed E-state index contributed by atoms with van der Waals surface area (Å²) in [6, 6.07) is 7.89. The zero-order valence-electron chi connectivity index (χ0n) is 7.04. The van der Waals surface area contributed by atoms with Gasteiger partial charge < -0.3 is 10.6 Å². The third kappa shape index (κ3) is 1.64. The van der Waals surface area contributed by atoms with Crippen molar-refractivity contribution in [2.75, 3.05) is 24.2 Å². The molecular weight excluding hydrogens is 136 g/mol. The summed E-state index contributed by atoms with van der Waals surface area (Å²) in [5.74, 6) is 0. The smallest absolute Gasteiger partial charge is 0.0597 e. The van der Waals surface area contributed by atoms with Crippen LogP contribution in [0, 0.1) is 0 Å². The third-order valence-electron chi connectivity index (χ3n) is 1.82. The van der Waals surface area contributed by atoms with Gasteiger partial charge in [-0.15, -0.1) is 0 Å². The molecule has 0 radical (unpaired) electrons. The highest BCUT2D eigenvalue weighted by atomic mass is 15.1. The standard InChI is InChI=1S/C9H14N2/c1-3-11(2)9-7-5-4-6-8(9)10/h4-7H,3,10H2,1-2H3. The second kappa shape index (κ2) is 3.28. The second-order valence-corrected chi connectivity index (χ2v) is 2.57. The van der Waals surface area contributed by atoms with E-state index in [9.17, 15) is 0 Å². The van der Waals surface area contributed by atoms with E-state index in [1.807, 2.05) is 31.3 Å². The Kier molecular flexibility index (Phi) is 2.36. The minimum absolute atomic E-state index is 0.844. The lowest BCUT2D eigenvalue weighted by molar-refractivity contribution is 0.970. The fourth-order valence-corrected chi connectivity index (χ4v) is 1.01. The molecule has 1 aromatic rings. The molecule has 0 saturated carbocycles. The van der Waals surface area contributed by atoms with Gasteiger partial charge in [0.25, 0.3) is 0 Å². The van der Waals surface area contributed by atoms with Crippen molar-refractivity contribution in [1.29, 1.82) is 0 Å². The van der Waals surface area contributed by atoms with Gasteiger partial charge in [0.05, 0.1) is 11.4 Å². The van der Waals surface area contributed by atoms with E-state index in [1.54, 1.807) is 0 Å². The molecule has 0 unspecified atom stereocenters. The molecule has 2 nitrogen and oxygen atoms in total. The van der Waals surface area contributed by atoms with Crippen molar-refractivity contribution in [2.24, 2.45) is 0 Å². The maximum Gasteiger partial charge on any atom is 0.0597 e. The molecule has 1 rings (SSSR count). The number of nitrogen functional groups attached to an aromatic ring is 1. The van der Waals surface area contributed by atoms with E-state index in [2.05, 4.69) is 11.8 Å². The molecule has 1 aromatic carbocycles. The molecule has 0 saturated heterocycles. The average Bonchev–Trinajstić information content (AvgIpc) is 2.04. The van der Waals surface area contributed by atoms with E-state index in [0.717, 1.165) is 17.9 Å². The molecule has 2 heteroatoms. The molecule has 0 atom stereocenters. The molecule has 11 heavy (non-hydrogen) atoms. The van der Waals surface area contributed by atoms with Gasteiger partial charge in [-0.05, 0) is 19.1 Å². The summed E-state index contributed by atoms with van der Waals surface area (Å²) in [7, 11) is 2.03. The lowest BCUT2D eigenvalue weighted by atomic mass is 10.2. The Hall–Kier alpha value is -1.18. The highest BCUT2D eigenvalue weighted by Gasteiger charge is 1.99.